The number of anilines is 1. The monoisotopic (exact) mass is 475 g/mol. The van der Waals surface area contributed by atoms with Crippen LogP contribution in [-0.2, 0) is 9.84 Å². The predicted molar refractivity (Wildman–Crippen MR) is 126 cm³/mol. The molecule has 31 heavy (non-hydrogen) atoms. The molecule has 0 saturated heterocycles. The number of sulfone groups is 1. The first kappa shape index (κ1) is 23.2. The molecule has 8 heteroatoms. The van der Waals surface area contributed by atoms with E-state index in [-0.39, 0.29) is 16.6 Å². The molecule has 0 fully saturated rings. The van der Waals surface area contributed by atoms with Crippen molar-refractivity contribution in [2.45, 2.75) is 16.7 Å². The average Bonchev–Trinajstić information content (AvgIpc) is 2.76. The minimum Gasteiger partial charge on any atom is -0.494 e. The van der Waals surface area contributed by atoms with Gasteiger partial charge in [0.25, 0.3) is 5.91 Å². The van der Waals surface area contributed by atoms with Gasteiger partial charge in [0, 0.05) is 21.2 Å². The molecule has 0 saturated carbocycles. The summed E-state index contributed by atoms with van der Waals surface area (Å²) in [4.78, 5) is 13.7. The molecule has 0 spiro atoms. The lowest BCUT2D eigenvalue weighted by Crippen LogP contribution is -2.13. The Morgan fingerprint density at radius 1 is 1.00 bits per heavy atom. The predicted octanol–water partition coefficient (Wildman–Crippen LogP) is 5.56. The number of amides is 1. The Kier molecular flexibility index (Phi) is 8.01. The van der Waals surface area contributed by atoms with Crippen LogP contribution in [0, 0.1) is 0 Å². The third-order valence-corrected chi connectivity index (χ3v) is 7.66. The molecule has 3 rings (SSSR count). The van der Waals surface area contributed by atoms with Crippen molar-refractivity contribution in [3.63, 3.8) is 0 Å². The van der Waals surface area contributed by atoms with E-state index in [0.29, 0.717) is 34.4 Å². The zero-order chi connectivity index (χ0) is 22.3. The van der Waals surface area contributed by atoms with Crippen molar-refractivity contribution < 1.29 is 17.9 Å². The highest BCUT2D eigenvalue weighted by Crippen LogP contribution is 2.28. The normalized spacial score (nSPS) is 11.2. The number of ether oxygens (including phenoxy) is 1. The largest absolute Gasteiger partial charge is 0.494 e. The number of halogens is 1. The van der Waals surface area contributed by atoms with Gasteiger partial charge in [-0.25, -0.2) is 8.42 Å². The van der Waals surface area contributed by atoms with Gasteiger partial charge in [-0.3, -0.25) is 4.79 Å². The van der Waals surface area contributed by atoms with Crippen LogP contribution < -0.4 is 10.1 Å². The Balaban J connectivity index is 1.63. The van der Waals surface area contributed by atoms with Crippen molar-refractivity contribution in [3.8, 4) is 5.75 Å². The Morgan fingerprint density at radius 2 is 1.68 bits per heavy atom. The standard InChI is InChI=1S/C23H22ClNO4S2/c1-2-29-19-11-7-17(8-12-19)23(26)25-21-5-3-4-6-22(21)30-15-16-31(27,28)20-13-9-18(24)10-14-20/h3-14H,2,15-16H2,1H3,(H,25,26). The van der Waals surface area contributed by atoms with Crippen molar-refractivity contribution >= 4 is 44.8 Å². The van der Waals surface area contributed by atoms with E-state index >= 15 is 0 Å². The Hall–Kier alpha value is -2.48. The van der Waals surface area contributed by atoms with Crippen molar-refractivity contribution in [2.75, 3.05) is 23.4 Å². The molecule has 0 aromatic heterocycles. The first-order valence-corrected chi connectivity index (χ1v) is 12.6. The fraction of sp³-hybridized carbons (Fsp3) is 0.174. The van der Waals surface area contributed by atoms with Gasteiger partial charge in [0.05, 0.1) is 22.9 Å². The first-order chi connectivity index (χ1) is 14.9. The summed E-state index contributed by atoms with van der Waals surface area (Å²) in [5.41, 5.74) is 1.14. The van der Waals surface area contributed by atoms with Gasteiger partial charge in [0.1, 0.15) is 5.75 Å². The van der Waals surface area contributed by atoms with Crippen LogP contribution in [0.2, 0.25) is 5.02 Å². The molecule has 0 atom stereocenters. The third-order valence-electron chi connectivity index (χ3n) is 4.35. The Labute approximate surface area is 191 Å². The molecule has 0 aliphatic heterocycles. The molecule has 162 valence electrons. The second-order valence-electron chi connectivity index (χ2n) is 6.53. The van der Waals surface area contributed by atoms with Gasteiger partial charge < -0.3 is 10.1 Å². The van der Waals surface area contributed by atoms with Crippen LogP contribution in [0.15, 0.2) is 82.6 Å². The topological polar surface area (TPSA) is 72.5 Å². The molecule has 5 nitrogen and oxygen atoms in total. The van der Waals surface area contributed by atoms with E-state index < -0.39 is 9.84 Å². The number of carbonyl (C=O) groups is 1. The maximum absolute atomic E-state index is 12.6. The summed E-state index contributed by atoms with van der Waals surface area (Å²) in [7, 11) is -3.41. The summed E-state index contributed by atoms with van der Waals surface area (Å²) >= 11 is 7.21. The molecule has 0 radical (unpaired) electrons. The van der Waals surface area contributed by atoms with Gasteiger partial charge in [0.2, 0.25) is 0 Å². The van der Waals surface area contributed by atoms with Gasteiger partial charge in [-0.15, -0.1) is 11.8 Å². The van der Waals surface area contributed by atoms with E-state index in [9.17, 15) is 13.2 Å². The fourth-order valence-corrected chi connectivity index (χ4v) is 5.57. The summed E-state index contributed by atoms with van der Waals surface area (Å²) in [5.74, 6) is 0.781. The third kappa shape index (κ3) is 6.50. The summed E-state index contributed by atoms with van der Waals surface area (Å²) in [6.07, 6.45) is 0. The summed E-state index contributed by atoms with van der Waals surface area (Å²) in [5, 5.41) is 3.39. The minimum atomic E-state index is -3.41. The lowest BCUT2D eigenvalue weighted by atomic mass is 10.2. The molecule has 0 aliphatic rings. The Bertz CT molecular complexity index is 1130. The zero-order valence-corrected chi connectivity index (χ0v) is 19.3. The fourth-order valence-electron chi connectivity index (χ4n) is 2.78. The average molecular weight is 476 g/mol. The molecule has 0 aliphatic carbocycles. The molecular weight excluding hydrogens is 454 g/mol. The van der Waals surface area contributed by atoms with Crippen molar-refractivity contribution in [2.24, 2.45) is 0 Å². The molecule has 0 bridgehead atoms. The molecule has 1 N–H and O–H groups in total. The SMILES string of the molecule is CCOc1ccc(C(=O)Nc2ccccc2SCCS(=O)(=O)c2ccc(Cl)cc2)cc1. The lowest BCUT2D eigenvalue weighted by Gasteiger charge is -2.11. The van der Waals surface area contributed by atoms with Crippen LogP contribution in [0.25, 0.3) is 0 Å². The van der Waals surface area contributed by atoms with Gasteiger partial charge in [-0.05, 0) is 67.6 Å². The Morgan fingerprint density at radius 3 is 2.35 bits per heavy atom. The van der Waals surface area contributed by atoms with E-state index in [1.807, 2.05) is 25.1 Å². The number of para-hydroxylation sites is 1. The number of carbonyl (C=O) groups excluding carboxylic acids is 1. The highest BCUT2D eigenvalue weighted by atomic mass is 35.5. The van der Waals surface area contributed by atoms with Crippen LogP contribution in [0.1, 0.15) is 17.3 Å². The van der Waals surface area contributed by atoms with E-state index in [2.05, 4.69) is 5.32 Å². The number of hydrogen-bond acceptors (Lipinski definition) is 5. The van der Waals surface area contributed by atoms with Gasteiger partial charge in [-0.2, -0.15) is 0 Å². The smallest absolute Gasteiger partial charge is 0.255 e. The van der Waals surface area contributed by atoms with E-state index in [0.717, 1.165) is 4.90 Å². The number of nitrogens with one attached hydrogen (secondary N) is 1. The number of benzene rings is 3. The molecule has 3 aromatic carbocycles. The second kappa shape index (κ2) is 10.7. The minimum absolute atomic E-state index is 0.0273. The van der Waals surface area contributed by atoms with Crippen LogP contribution >= 0.6 is 23.4 Å². The van der Waals surface area contributed by atoms with Gasteiger partial charge >= 0.3 is 0 Å². The summed E-state index contributed by atoms with van der Waals surface area (Å²) in [6, 6.07) is 20.4. The molecule has 3 aromatic rings. The van der Waals surface area contributed by atoms with Crippen LogP contribution in [-0.4, -0.2) is 32.4 Å². The van der Waals surface area contributed by atoms with Crippen LogP contribution in [0.4, 0.5) is 5.69 Å². The molecule has 0 heterocycles. The second-order valence-corrected chi connectivity index (χ2v) is 10.2. The number of thioether (sulfide) groups is 1. The number of hydrogen-bond donors (Lipinski definition) is 1. The molecular formula is C23H22ClNO4S2. The lowest BCUT2D eigenvalue weighted by molar-refractivity contribution is 0.102. The highest BCUT2D eigenvalue weighted by molar-refractivity contribution is 8.00. The van der Waals surface area contributed by atoms with E-state index in [1.165, 1.54) is 23.9 Å². The maximum Gasteiger partial charge on any atom is 0.255 e. The first-order valence-electron chi connectivity index (χ1n) is 9.63. The molecule has 0 unspecified atom stereocenters. The van der Waals surface area contributed by atoms with Crippen molar-refractivity contribution in [1.29, 1.82) is 0 Å². The van der Waals surface area contributed by atoms with Gasteiger partial charge in [-0.1, -0.05) is 23.7 Å². The zero-order valence-electron chi connectivity index (χ0n) is 16.9. The molecule has 1 amide bonds. The highest BCUT2D eigenvalue weighted by Gasteiger charge is 2.15. The van der Waals surface area contributed by atoms with Crippen LogP contribution in [0.5, 0.6) is 5.75 Å². The van der Waals surface area contributed by atoms with Crippen LogP contribution in [0.3, 0.4) is 0 Å². The summed E-state index contributed by atoms with van der Waals surface area (Å²) in [6.45, 7) is 2.46. The number of rotatable bonds is 9. The quantitative estimate of drug-likeness (QED) is 0.410. The van der Waals surface area contributed by atoms with Gasteiger partial charge in [0.15, 0.2) is 9.84 Å². The van der Waals surface area contributed by atoms with E-state index in [1.54, 1.807) is 42.5 Å². The van der Waals surface area contributed by atoms with E-state index in [4.69, 9.17) is 16.3 Å². The van der Waals surface area contributed by atoms with Crippen molar-refractivity contribution in [1.82, 2.24) is 0 Å². The summed E-state index contributed by atoms with van der Waals surface area (Å²) < 4.78 is 30.4. The maximum atomic E-state index is 12.6. The van der Waals surface area contributed by atoms with Crippen molar-refractivity contribution in [3.05, 3.63) is 83.4 Å².